The summed E-state index contributed by atoms with van der Waals surface area (Å²) >= 11 is 0. The van der Waals surface area contributed by atoms with Gasteiger partial charge in [-0.05, 0) is 39.3 Å². The molecule has 0 N–H and O–H groups in total. The molecule has 1 aromatic heterocycles. The third kappa shape index (κ3) is 4.87. The van der Waals surface area contributed by atoms with Crippen LogP contribution in [0.1, 0.15) is 37.7 Å². The lowest BCUT2D eigenvalue weighted by atomic mass is 10.1. The number of Topliss-reactive ketones (excluding diaryl/α,β-unsaturated/α-hetero) is 1. The minimum absolute atomic E-state index is 0.00352. The van der Waals surface area contributed by atoms with E-state index in [0.717, 1.165) is 6.42 Å². The van der Waals surface area contributed by atoms with Gasteiger partial charge in [-0.3, -0.25) is 4.79 Å². The minimum Gasteiger partial charge on any atom is -0.461 e. The largest absolute Gasteiger partial charge is 0.461 e. The Bertz CT molecular complexity index is 503. The number of carbonyl (C=O) groups excluding carboxylic acids is 2. The third-order valence-electron chi connectivity index (χ3n) is 3.32. The van der Waals surface area contributed by atoms with Gasteiger partial charge in [-0.15, -0.1) is 0 Å². The van der Waals surface area contributed by atoms with Crippen LogP contribution in [0.5, 0.6) is 0 Å². The van der Waals surface area contributed by atoms with Crippen molar-refractivity contribution in [3.63, 3.8) is 0 Å². The molecule has 0 bridgehead atoms. The van der Waals surface area contributed by atoms with Crippen molar-refractivity contribution in [2.24, 2.45) is 5.92 Å². The molecule has 1 saturated heterocycles. The molecule has 1 unspecified atom stereocenters. The van der Waals surface area contributed by atoms with Crippen LogP contribution < -0.4 is 0 Å². The van der Waals surface area contributed by atoms with Crippen LogP contribution in [0.15, 0.2) is 22.8 Å². The van der Waals surface area contributed by atoms with Gasteiger partial charge in [0.1, 0.15) is 12.2 Å². The molecule has 0 aromatic carbocycles. The number of rotatable bonds is 5. The summed E-state index contributed by atoms with van der Waals surface area (Å²) in [6.45, 7) is 7.26. The number of ether oxygens (including phenoxy) is 2. The molecule has 1 atom stereocenters. The van der Waals surface area contributed by atoms with Crippen LogP contribution in [-0.4, -0.2) is 48.7 Å². The zero-order valence-electron chi connectivity index (χ0n) is 13.3. The van der Waals surface area contributed by atoms with Crippen molar-refractivity contribution in [2.75, 3.05) is 26.3 Å². The number of hydrogen-bond donors (Lipinski definition) is 0. The summed E-state index contributed by atoms with van der Waals surface area (Å²) in [6.07, 6.45) is 2.03. The van der Waals surface area contributed by atoms with Crippen molar-refractivity contribution in [1.82, 2.24) is 4.90 Å². The first-order valence-electron chi connectivity index (χ1n) is 7.47. The Morgan fingerprint density at radius 3 is 2.82 bits per heavy atom. The number of likely N-dealkylation sites (tertiary alicyclic amines) is 1. The summed E-state index contributed by atoms with van der Waals surface area (Å²) in [5.74, 6) is 0.366. The van der Waals surface area contributed by atoms with Crippen LogP contribution in [0, 0.1) is 5.92 Å². The molecule has 1 aliphatic rings. The normalized spacial score (nSPS) is 18.5. The van der Waals surface area contributed by atoms with Gasteiger partial charge in [0.2, 0.25) is 5.78 Å². The van der Waals surface area contributed by atoms with Gasteiger partial charge in [-0.2, -0.15) is 0 Å². The van der Waals surface area contributed by atoms with Crippen molar-refractivity contribution in [1.29, 1.82) is 0 Å². The highest BCUT2D eigenvalue weighted by Gasteiger charge is 2.29. The zero-order chi connectivity index (χ0) is 16.2. The van der Waals surface area contributed by atoms with E-state index in [1.807, 2.05) is 20.8 Å². The second-order valence-corrected chi connectivity index (χ2v) is 6.50. The topological polar surface area (TPSA) is 69.0 Å². The Morgan fingerprint density at radius 1 is 1.41 bits per heavy atom. The molecule has 22 heavy (non-hydrogen) atoms. The van der Waals surface area contributed by atoms with Crippen LogP contribution in [0.4, 0.5) is 4.79 Å². The van der Waals surface area contributed by atoms with E-state index in [-0.39, 0.29) is 24.4 Å². The van der Waals surface area contributed by atoms with Crippen LogP contribution in [-0.2, 0) is 9.47 Å². The second kappa shape index (κ2) is 6.96. The molecule has 1 amide bonds. The van der Waals surface area contributed by atoms with Crippen molar-refractivity contribution in [3.05, 3.63) is 24.2 Å². The van der Waals surface area contributed by atoms with Gasteiger partial charge in [-0.1, -0.05) is 0 Å². The fraction of sp³-hybridized carbons (Fsp3) is 0.625. The van der Waals surface area contributed by atoms with Crippen LogP contribution in [0.2, 0.25) is 0 Å². The van der Waals surface area contributed by atoms with E-state index in [4.69, 9.17) is 13.9 Å². The lowest BCUT2D eigenvalue weighted by Crippen LogP contribution is -2.35. The molecular formula is C16H23NO5. The SMILES string of the molecule is CC(C)(C)OC(=O)N1CCC(COCC(=O)c2ccco2)C1. The molecule has 0 spiro atoms. The standard InChI is InChI=1S/C16H23NO5/c1-16(2,3)22-15(19)17-7-6-12(9-17)10-20-11-13(18)14-5-4-8-21-14/h4-5,8,12H,6-7,9-11H2,1-3H3. The average Bonchev–Trinajstić information content (AvgIpc) is 3.08. The molecule has 2 heterocycles. The number of amides is 1. The van der Waals surface area contributed by atoms with E-state index in [1.165, 1.54) is 6.26 Å². The first kappa shape index (κ1) is 16.5. The Labute approximate surface area is 130 Å². The Kier molecular flexibility index (Phi) is 5.24. The molecule has 0 aliphatic carbocycles. The van der Waals surface area contributed by atoms with Crippen molar-refractivity contribution in [3.8, 4) is 0 Å². The van der Waals surface area contributed by atoms with Gasteiger partial charge in [-0.25, -0.2) is 4.79 Å². The first-order valence-corrected chi connectivity index (χ1v) is 7.47. The summed E-state index contributed by atoms with van der Waals surface area (Å²) in [7, 11) is 0. The van der Waals surface area contributed by atoms with E-state index in [0.29, 0.717) is 25.5 Å². The summed E-state index contributed by atoms with van der Waals surface area (Å²) in [4.78, 5) is 25.3. The maximum atomic E-state index is 11.9. The lowest BCUT2D eigenvalue weighted by Gasteiger charge is -2.24. The van der Waals surface area contributed by atoms with E-state index in [9.17, 15) is 9.59 Å². The molecule has 2 rings (SSSR count). The molecule has 1 aliphatic heterocycles. The fourth-order valence-corrected chi connectivity index (χ4v) is 2.29. The van der Waals surface area contributed by atoms with E-state index in [1.54, 1.807) is 17.0 Å². The smallest absolute Gasteiger partial charge is 0.410 e. The predicted octanol–water partition coefficient (Wildman–Crippen LogP) is 2.74. The van der Waals surface area contributed by atoms with Crippen LogP contribution in [0.25, 0.3) is 0 Å². The zero-order valence-corrected chi connectivity index (χ0v) is 13.3. The van der Waals surface area contributed by atoms with Crippen LogP contribution >= 0.6 is 0 Å². The fourth-order valence-electron chi connectivity index (χ4n) is 2.29. The maximum absolute atomic E-state index is 11.9. The highest BCUT2D eigenvalue weighted by Crippen LogP contribution is 2.19. The highest BCUT2D eigenvalue weighted by molar-refractivity contribution is 5.94. The van der Waals surface area contributed by atoms with Crippen molar-refractivity contribution < 1.29 is 23.5 Å². The second-order valence-electron chi connectivity index (χ2n) is 6.50. The lowest BCUT2D eigenvalue weighted by molar-refractivity contribution is 0.0272. The number of nitrogens with zero attached hydrogens (tertiary/aromatic N) is 1. The molecule has 122 valence electrons. The Hall–Kier alpha value is -1.82. The summed E-state index contributed by atoms with van der Waals surface area (Å²) < 4.78 is 15.8. The summed E-state index contributed by atoms with van der Waals surface area (Å²) in [5, 5.41) is 0. The van der Waals surface area contributed by atoms with Crippen molar-refractivity contribution >= 4 is 11.9 Å². The van der Waals surface area contributed by atoms with Gasteiger partial charge in [0.05, 0.1) is 12.9 Å². The quantitative estimate of drug-likeness (QED) is 0.782. The van der Waals surface area contributed by atoms with Gasteiger partial charge in [0.25, 0.3) is 0 Å². The van der Waals surface area contributed by atoms with E-state index < -0.39 is 5.60 Å². The monoisotopic (exact) mass is 309 g/mol. The van der Waals surface area contributed by atoms with Gasteiger partial charge in [0, 0.05) is 19.0 Å². The molecule has 6 heteroatoms. The van der Waals surface area contributed by atoms with Gasteiger partial charge in [0.15, 0.2) is 5.76 Å². The number of ketones is 1. The Morgan fingerprint density at radius 2 is 2.18 bits per heavy atom. The molecule has 0 saturated carbocycles. The predicted molar refractivity (Wildman–Crippen MR) is 79.8 cm³/mol. The van der Waals surface area contributed by atoms with E-state index >= 15 is 0 Å². The number of carbonyl (C=O) groups is 2. The molecule has 1 aromatic rings. The van der Waals surface area contributed by atoms with Gasteiger partial charge >= 0.3 is 6.09 Å². The average molecular weight is 309 g/mol. The number of hydrogen-bond acceptors (Lipinski definition) is 5. The van der Waals surface area contributed by atoms with Gasteiger partial charge < -0.3 is 18.8 Å². The minimum atomic E-state index is -0.485. The third-order valence-corrected chi connectivity index (χ3v) is 3.32. The number of furan rings is 1. The Balaban J connectivity index is 1.68. The first-order chi connectivity index (χ1) is 10.3. The summed E-state index contributed by atoms with van der Waals surface area (Å²) in [5.41, 5.74) is -0.485. The molecule has 6 nitrogen and oxygen atoms in total. The molecule has 0 radical (unpaired) electrons. The molecule has 1 fully saturated rings. The van der Waals surface area contributed by atoms with Crippen molar-refractivity contribution in [2.45, 2.75) is 32.8 Å². The highest BCUT2D eigenvalue weighted by atomic mass is 16.6. The molecular weight excluding hydrogens is 286 g/mol. The summed E-state index contributed by atoms with van der Waals surface area (Å²) in [6, 6.07) is 3.29. The maximum Gasteiger partial charge on any atom is 0.410 e. The van der Waals surface area contributed by atoms with E-state index in [2.05, 4.69) is 0 Å². The van der Waals surface area contributed by atoms with Crippen LogP contribution in [0.3, 0.4) is 0 Å².